The molecule has 0 aromatic heterocycles. The summed E-state index contributed by atoms with van der Waals surface area (Å²) < 4.78 is 6.58. The van der Waals surface area contributed by atoms with Crippen LogP contribution in [0.1, 0.15) is 82.3 Å². The number of piperidine rings is 1. The lowest BCUT2D eigenvalue weighted by Crippen LogP contribution is -2.56. The van der Waals surface area contributed by atoms with Crippen LogP contribution in [0.3, 0.4) is 0 Å². The Morgan fingerprint density at radius 2 is 1.65 bits per heavy atom. The van der Waals surface area contributed by atoms with Crippen LogP contribution in [0.25, 0.3) is 0 Å². The van der Waals surface area contributed by atoms with Crippen LogP contribution in [0.5, 0.6) is 0 Å². The Labute approximate surface area is 285 Å². The largest absolute Gasteiger partial charge is 0.359 e. The highest BCUT2D eigenvalue weighted by atomic mass is 16.5. The molecule has 1 saturated carbocycles. The Balaban J connectivity index is 1.03. The van der Waals surface area contributed by atoms with Gasteiger partial charge in [0.15, 0.2) is 0 Å². The number of carbonyl (C=O) groups excluding carboxylic acids is 3. The second-order valence-corrected chi connectivity index (χ2v) is 15.2. The van der Waals surface area contributed by atoms with Crippen LogP contribution >= 0.6 is 0 Å². The maximum absolute atomic E-state index is 14.4. The quantitative estimate of drug-likeness (QED) is 0.305. The van der Waals surface area contributed by atoms with Gasteiger partial charge in [-0.05, 0) is 93.3 Å². The zero-order valence-electron chi connectivity index (χ0n) is 28.6. The van der Waals surface area contributed by atoms with Crippen LogP contribution in [0.15, 0.2) is 66.7 Å². The highest BCUT2D eigenvalue weighted by molar-refractivity contribution is 6.02. The van der Waals surface area contributed by atoms with E-state index in [0.717, 1.165) is 58.2 Å². The minimum Gasteiger partial charge on any atom is -0.359 e. The molecule has 0 radical (unpaired) electrons. The first-order valence-electron chi connectivity index (χ1n) is 18.5. The molecule has 5 aliphatic rings. The molecule has 2 aromatic rings. The average Bonchev–Trinajstić information content (AvgIpc) is 3.74. The van der Waals surface area contributed by atoms with Crippen molar-refractivity contribution in [3.8, 4) is 0 Å². The van der Waals surface area contributed by atoms with E-state index < -0.39 is 29.6 Å². The maximum atomic E-state index is 14.4. The van der Waals surface area contributed by atoms with E-state index in [0.29, 0.717) is 24.1 Å². The van der Waals surface area contributed by atoms with Crippen LogP contribution in [0.2, 0.25) is 0 Å². The average molecular weight is 653 g/mol. The summed E-state index contributed by atoms with van der Waals surface area (Å²) >= 11 is 0. The Kier molecular flexibility index (Phi) is 9.75. The predicted octanol–water partition coefficient (Wildman–Crippen LogP) is 5.69. The molecule has 4 fully saturated rings. The third-order valence-corrected chi connectivity index (χ3v) is 11.7. The van der Waals surface area contributed by atoms with Gasteiger partial charge in [0, 0.05) is 18.3 Å². The van der Waals surface area contributed by atoms with Crippen LogP contribution in [-0.4, -0.2) is 77.5 Å². The molecule has 2 bridgehead atoms. The van der Waals surface area contributed by atoms with E-state index in [9.17, 15) is 14.4 Å². The third-order valence-electron chi connectivity index (χ3n) is 11.7. The fourth-order valence-electron chi connectivity index (χ4n) is 9.04. The Morgan fingerprint density at radius 1 is 0.917 bits per heavy atom. The SMILES string of the molecule is CC(C)c1ccc(NC(=O)[C@@H]2[C@H]3C=C[C@]4(O3)[C@H](C(=O)NC3CCCCC3)N(CCCN3CCC(Cc5ccccc5)CC3)C(=O)[C@@H]24)cc1. The molecule has 8 nitrogen and oxygen atoms in total. The fraction of sp³-hybridized carbons (Fsp3) is 0.575. The van der Waals surface area contributed by atoms with Gasteiger partial charge in [-0.25, -0.2) is 0 Å². The molecule has 2 aromatic carbocycles. The first-order chi connectivity index (χ1) is 23.3. The molecule has 1 aliphatic carbocycles. The number of benzene rings is 2. The van der Waals surface area contributed by atoms with Crippen molar-refractivity contribution >= 4 is 23.4 Å². The van der Waals surface area contributed by atoms with Gasteiger partial charge in [-0.2, -0.15) is 0 Å². The topological polar surface area (TPSA) is 91.0 Å². The molecule has 3 amide bonds. The van der Waals surface area contributed by atoms with Gasteiger partial charge in [0.05, 0.1) is 17.9 Å². The zero-order chi connectivity index (χ0) is 33.3. The molecular formula is C40H52N4O4. The Hall–Kier alpha value is -3.49. The molecule has 5 atom stereocenters. The summed E-state index contributed by atoms with van der Waals surface area (Å²) in [7, 11) is 0. The summed E-state index contributed by atoms with van der Waals surface area (Å²) in [4.78, 5) is 46.7. The second-order valence-electron chi connectivity index (χ2n) is 15.2. The normalized spacial score (nSPS) is 29.1. The van der Waals surface area contributed by atoms with Gasteiger partial charge in [0.1, 0.15) is 11.6 Å². The van der Waals surface area contributed by atoms with E-state index in [4.69, 9.17) is 4.74 Å². The highest BCUT2D eigenvalue weighted by Crippen LogP contribution is 2.55. The van der Waals surface area contributed by atoms with Crippen LogP contribution in [0.4, 0.5) is 5.69 Å². The molecule has 2 N–H and O–H groups in total. The molecule has 4 heterocycles. The number of nitrogens with zero attached hydrogens (tertiary/aromatic N) is 2. The van der Waals surface area contributed by atoms with Gasteiger partial charge in [-0.15, -0.1) is 0 Å². The Morgan fingerprint density at radius 3 is 2.35 bits per heavy atom. The number of rotatable bonds is 11. The minimum atomic E-state index is -1.13. The van der Waals surface area contributed by atoms with E-state index in [-0.39, 0.29) is 23.8 Å². The summed E-state index contributed by atoms with van der Waals surface area (Å²) in [5, 5.41) is 6.37. The first-order valence-corrected chi connectivity index (χ1v) is 18.5. The standard InChI is InChI=1S/C40H52N4O4/c1-27(2)30-14-16-32(17-15-30)41-37(45)34-33-18-21-40(48-33)35(34)39(47)44(36(40)38(46)42-31-12-7-4-8-13-31)23-9-22-43-24-19-29(20-25-43)26-28-10-5-3-6-11-28/h3,5-6,10-11,14-18,21,27,29,31,33-36H,4,7-9,12-13,19-20,22-26H2,1-2H3,(H,41,45)(H,42,46)/t33-,34-,35-,36+,40-/m1/s1. The molecule has 7 rings (SSSR count). The second kappa shape index (κ2) is 14.2. The fourth-order valence-corrected chi connectivity index (χ4v) is 9.04. The van der Waals surface area contributed by atoms with E-state index in [1.54, 1.807) is 4.90 Å². The first kappa shape index (κ1) is 33.0. The number of carbonyl (C=O) groups is 3. The van der Waals surface area contributed by atoms with E-state index in [2.05, 4.69) is 59.7 Å². The number of ether oxygens (including phenoxy) is 1. The van der Waals surface area contributed by atoms with Crippen molar-refractivity contribution in [3.63, 3.8) is 0 Å². The van der Waals surface area contributed by atoms with Crippen LogP contribution in [0, 0.1) is 17.8 Å². The van der Waals surface area contributed by atoms with Crippen molar-refractivity contribution in [1.82, 2.24) is 15.1 Å². The van der Waals surface area contributed by atoms with E-state index in [1.807, 2.05) is 36.4 Å². The van der Waals surface area contributed by atoms with E-state index in [1.165, 1.54) is 30.4 Å². The number of anilines is 1. The summed E-state index contributed by atoms with van der Waals surface area (Å²) in [5.74, 6) is -0.829. The van der Waals surface area contributed by atoms with E-state index >= 15 is 0 Å². The van der Waals surface area contributed by atoms with Crippen molar-refractivity contribution in [2.45, 2.75) is 101 Å². The number of nitrogens with one attached hydrogen (secondary N) is 2. The van der Waals surface area contributed by atoms with Crippen LogP contribution in [-0.2, 0) is 25.5 Å². The number of hydrogen-bond acceptors (Lipinski definition) is 5. The van der Waals surface area contributed by atoms with Crippen LogP contribution < -0.4 is 10.6 Å². The molecular weight excluding hydrogens is 600 g/mol. The van der Waals surface area contributed by atoms with Gasteiger partial charge in [-0.1, -0.05) is 87.7 Å². The number of hydrogen-bond donors (Lipinski definition) is 2. The molecule has 48 heavy (non-hydrogen) atoms. The van der Waals surface area contributed by atoms with Crippen molar-refractivity contribution in [2.75, 3.05) is 31.5 Å². The van der Waals surface area contributed by atoms with Crippen molar-refractivity contribution < 1.29 is 19.1 Å². The van der Waals surface area contributed by atoms with Crippen molar-refractivity contribution in [3.05, 3.63) is 77.9 Å². The van der Waals surface area contributed by atoms with Gasteiger partial charge >= 0.3 is 0 Å². The maximum Gasteiger partial charge on any atom is 0.246 e. The predicted molar refractivity (Wildman–Crippen MR) is 187 cm³/mol. The molecule has 8 heteroatoms. The number of likely N-dealkylation sites (tertiary alicyclic amines) is 2. The lowest BCUT2D eigenvalue weighted by atomic mass is 9.74. The summed E-state index contributed by atoms with van der Waals surface area (Å²) in [6, 6.07) is 18.0. The minimum absolute atomic E-state index is 0.117. The molecule has 4 aliphatic heterocycles. The monoisotopic (exact) mass is 652 g/mol. The lowest BCUT2D eigenvalue weighted by Gasteiger charge is -2.35. The third kappa shape index (κ3) is 6.58. The zero-order valence-corrected chi connectivity index (χ0v) is 28.6. The number of amides is 3. The van der Waals surface area contributed by atoms with Crippen molar-refractivity contribution in [1.29, 1.82) is 0 Å². The summed E-state index contributed by atoms with van der Waals surface area (Å²) in [6.07, 6.45) is 12.9. The lowest BCUT2D eigenvalue weighted by molar-refractivity contribution is -0.141. The molecule has 3 saturated heterocycles. The van der Waals surface area contributed by atoms with Gasteiger partial charge in [0.25, 0.3) is 0 Å². The van der Waals surface area contributed by atoms with Gasteiger partial charge in [0.2, 0.25) is 17.7 Å². The van der Waals surface area contributed by atoms with Gasteiger partial charge in [-0.3, -0.25) is 14.4 Å². The number of fused-ring (bicyclic) bond motifs is 1. The smallest absolute Gasteiger partial charge is 0.246 e. The summed E-state index contributed by atoms with van der Waals surface area (Å²) in [6.45, 7) is 7.73. The molecule has 256 valence electrons. The van der Waals surface area contributed by atoms with Crippen molar-refractivity contribution in [2.24, 2.45) is 17.8 Å². The molecule has 0 unspecified atom stereocenters. The highest BCUT2D eigenvalue weighted by Gasteiger charge is 2.72. The Bertz CT molecular complexity index is 1480. The van der Waals surface area contributed by atoms with Gasteiger partial charge < -0.3 is 25.2 Å². The molecule has 1 spiro atoms. The summed E-state index contributed by atoms with van der Waals surface area (Å²) in [5.41, 5.74) is 2.18.